The van der Waals surface area contributed by atoms with Gasteiger partial charge in [0.15, 0.2) is 11.0 Å². The van der Waals surface area contributed by atoms with Crippen LogP contribution in [0.1, 0.15) is 39.2 Å². The molecule has 1 amide bonds. The van der Waals surface area contributed by atoms with E-state index in [9.17, 15) is 14.7 Å². The van der Waals surface area contributed by atoms with Gasteiger partial charge >= 0.3 is 5.97 Å². The Morgan fingerprint density at radius 1 is 1.45 bits per heavy atom. The number of carbonyl (C=O) groups excluding carboxylic acids is 1. The SMILES string of the molecule is CCOC1CN(c2nc(-c3ncnn3C)c(C(=O)O)s2)CCC1NC(=O)c1cc(Cl)c(C)[nH]1. The molecular weight excluding hydrogens is 470 g/mol. The summed E-state index contributed by atoms with van der Waals surface area (Å²) in [7, 11) is 1.69. The summed E-state index contributed by atoms with van der Waals surface area (Å²) >= 11 is 7.15. The van der Waals surface area contributed by atoms with Crippen molar-refractivity contribution in [1.29, 1.82) is 0 Å². The molecule has 0 bridgehead atoms. The van der Waals surface area contributed by atoms with Crippen molar-refractivity contribution >= 4 is 39.9 Å². The van der Waals surface area contributed by atoms with Crippen LogP contribution in [0, 0.1) is 6.92 Å². The molecule has 2 unspecified atom stereocenters. The first kappa shape index (κ1) is 23.2. The summed E-state index contributed by atoms with van der Waals surface area (Å²) < 4.78 is 7.42. The second-order valence-electron chi connectivity index (χ2n) is 7.65. The topological polar surface area (TPSA) is 138 Å². The molecule has 1 saturated heterocycles. The molecule has 3 aromatic heterocycles. The Morgan fingerprint density at radius 3 is 2.85 bits per heavy atom. The second kappa shape index (κ2) is 9.49. The third kappa shape index (κ3) is 4.72. The van der Waals surface area contributed by atoms with E-state index >= 15 is 0 Å². The zero-order valence-corrected chi connectivity index (χ0v) is 19.9. The third-order valence-corrected chi connectivity index (χ3v) is 6.95. The van der Waals surface area contributed by atoms with Crippen LogP contribution >= 0.6 is 22.9 Å². The van der Waals surface area contributed by atoms with E-state index in [1.54, 1.807) is 20.0 Å². The highest BCUT2D eigenvalue weighted by Crippen LogP contribution is 2.34. The molecule has 3 N–H and O–H groups in total. The molecule has 0 radical (unpaired) electrons. The lowest BCUT2D eigenvalue weighted by Crippen LogP contribution is -2.55. The summed E-state index contributed by atoms with van der Waals surface area (Å²) in [6, 6.07) is 1.39. The largest absolute Gasteiger partial charge is 0.477 e. The minimum Gasteiger partial charge on any atom is -0.477 e. The van der Waals surface area contributed by atoms with E-state index in [4.69, 9.17) is 16.3 Å². The number of hydrogen-bond acceptors (Lipinski definition) is 8. The predicted molar refractivity (Wildman–Crippen MR) is 123 cm³/mol. The summed E-state index contributed by atoms with van der Waals surface area (Å²) in [4.78, 5) is 38.3. The van der Waals surface area contributed by atoms with Crippen molar-refractivity contribution in [3.05, 3.63) is 33.7 Å². The molecule has 11 nitrogen and oxygen atoms in total. The van der Waals surface area contributed by atoms with Gasteiger partial charge in [0.05, 0.1) is 17.2 Å². The molecule has 4 heterocycles. The number of aryl methyl sites for hydroxylation is 2. The Morgan fingerprint density at radius 2 is 2.24 bits per heavy atom. The zero-order chi connectivity index (χ0) is 23.7. The molecule has 0 saturated carbocycles. The number of carboxylic acid groups (broad SMARTS) is 1. The van der Waals surface area contributed by atoms with Gasteiger partial charge in [-0.15, -0.1) is 0 Å². The van der Waals surface area contributed by atoms with Crippen LogP contribution in [0.25, 0.3) is 11.5 Å². The van der Waals surface area contributed by atoms with Gasteiger partial charge in [-0.2, -0.15) is 5.10 Å². The summed E-state index contributed by atoms with van der Waals surface area (Å²) in [6.07, 6.45) is 1.66. The van der Waals surface area contributed by atoms with Crippen molar-refractivity contribution in [3.8, 4) is 11.5 Å². The molecule has 13 heteroatoms. The van der Waals surface area contributed by atoms with Gasteiger partial charge in [-0.05, 0) is 26.3 Å². The van der Waals surface area contributed by atoms with Crippen molar-refractivity contribution in [2.24, 2.45) is 7.05 Å². The number of carboxylic acids is 1. The van der Waals surface area contributed by atoms with Crippen LogP contribution in [-0.2, 0) is 11.8 Å². The number of ether oxygens (including phenoxy) is 1. The Hall–Kier alpha value is -2.96. The first-order valence-electron chi connectivity index (χ1n) is 10.4. The maximum absolute atomic E-state index is 12.7. The van der Waals surface area contributed by atoms with Crippen molar-refractivity contribution in [2.45, 2.75) is 32.4 Å². The number of aromatic amines is 1. The van der Waals surface area contributed by atoms with Crippen LogP contribution in [0.5, 0.6) is 0 Å². The maximum Gasteiger partial charge on any atom is 0.348 e. The number of carbonyl (C=O) groups is 2. The van der Waals surface area contributed by atoms with Crippen LogP contribution in [0.2, 0.25) is 5.02 Å². The normalized spacial score (nSPS) is 18.5. The quantitative estimate of drug-likeness (QED) is 0.456. The lowest BCUT2D eigenvalue weighted by molar-refractivity contribution is 0.0272. The molecule has 0 aliphatic carbocycles. The molecule has 1 aliphatic heterocycles. The van der Waals surface area contributed by atoms with E-state index in [0.29, 0.717) is 47.8 Å². The smallest absolute Gasteiger partial charge is 0.348 e. The number of amides is 1. The van der Waals surface area contributed by atoms with Gasteiger partial charge in [-0.1, -0.05) is 22.9 Å². The molecule has 1 fully saturated rings. The zero-order valence-electron chi connectivity index (χ0n) is 18.3. The van der Waals surface area contributed by atoms with Gasteiger partial charge in [-0.25, -0.2) is 19.4 Å². The summed E-state index contributed by atoms with van der Waals surface area (Å²) in [5.74, 6) is -0.932. The van der Waals surface area contributed by atoms with Gasteiger partial charge in [-0.3, -0.25) is 4.79 Å². The Labute approximate surface area is 198 Å². The number of anilines is 1. The van der Waals surface area contributed by atoms with Crippen molar-refractivity contribution in [2.75, 3.05) is 24.6 Å². The third-order valence-electron chi connectivity index (χ3n) is 5.46. The van der Waals surface area contributed by atoms with Crippen molar-refractivity contribution in [3.63, 3.8) is 0 Å². The molecule has 0 spiro atoms. The maximum atomic E-state index is 12.7. The number of thiazole rings is 1. The van der Waals surface area contributed by atoms with Crippen molar-refractivity contribution in [1.82, 2.24) is 30.0 Å². The number of halogens is 1. The highest BCUT2D eigenvalue weighted by Gasteiger charge is 2.34. The molecule has 33 heavy (non-hydrogen) atoms. The van der Waals surface area contributed by atoms with Crippen LogP contribution in [0.3, 0.4) is 0 Å². The van der Waals surface area contributed by atoms with Crippen molar-refractivity contribution < 1.29 is 19.4 Å². The molecular formula is C20H24ClN7O4S. The lowest BCUT2D eigenvalue weighted by atomic mass is 10.0. The average molecular weight is 494 g/mol. The van der Waals surface area contributed by atoms with Gasteiger partial charge in [0, 0.05) is 32.4 Å². The number of rotatable bonds is 7. The average Bonchev–Trinajstić information content (AvgIpc) is 3.48. The van der Waals surface area contributed by atoms with Crippen LogP contribution in [0.4, 0.5) is 5.13 Å². The van der Waals surface area contributed by atoms with E-state index < -0.39 is 5.97 Å². The highest BCUT2D eigenvalue weighted by atomic mass is 35.5. The molecule has 0 aromatic carbocycles. The molecule has 1 aliphatic rings. The molecule has 176 valence electrons. The van der Waals surface area contributed by atoms with Crippen LogP contribution < -0.4 is 10.2 Å². The lowest BCUT2D eigenvalue weighted by Gasteiger charge is -2.38. The summed E-state index contributed by atoms with van der Waals surface area (Å²) in [5, 5.41) is 17.8. The molecule has 2 atom stereocenters. The Kier molecular flexibility index (Phi) is 6.68. The number of aromatic carboxylic acids is 1. The van der Waals surface area contributed by atoms with E-state index in [2.05, 4.69) is 25.4 Å². The predicted octanol–water partition coefficient (Wildman–Crippen LogP) is 2.34. The number of piperidine rings is 1. The van der Waals surface area contributed by atoms with E-state index in [-0.39, 0.29) is 28.6 Å². The fraction of sp³-hybridized carbons (Fsp3) is 0.450. The van der Waals surface area contributed by atoms with Crippen LogP contribution in [0.15, 0.2) is 12.4 Å². The first-order valence-corrected chi connectivity index (χ1v) is 11.6. The fourth-order valence-electron chi connectivity index (χ4n) is 3.79. The number of aromatic nitrogens is 5. The summed E-state index contributed by atoms with van der Waals surface area (Å²) in [6.45, 7) is 5.19. The first-order chi connectivity index (χ1) is 15.8. The van der Waals surface area contributed by atoms with Gasteiger partial charge in [0.2, 0.25) is 0 Å². The van der Waals surface area contributed by atoms with E-state index in [1.165, 1.54) is 11.0 Å². The van der Waals surface area contributed by atoms with Gasteiger partial charge in [0.1, 0.15) is 22.6 Å². The number of nitrogens with zero attached hydrogens (tertiary/aromatic N) is 5. The van der Waals surface area contributed by atoms with Gasteiger partial charge in [0.25, 0.3) is 5.91 Å². The standard InChI is InChI=1S/C20H24ClN7O4S/c1-4-32-14-8-28(6-5-12(14)25-18(29)13-7-11(21)10(2)24-13)20-26-15(16(33-20)19(30)31)17-22-9-23-27(17)3/h7,9,12,14,24H,4-6,8H2,1-3H3,(H,25,29)(H,30,31). The minimum atomic E-state index is -1.07. The molecule has 3 aromatic rings. The minimum absolute atomic E-state index is 0.100. The fourth-order valence-corrected chi connectivity index (χ4v) is 4.88. The highest BCUT2D eigenvalue weighted by molar-refractivity contribution is 7.17. The number of H-pyrrole nitrogens is 1. The molecule has 4 rings (SSSR count). The van der Waals surface area contributed by atoms with Gasteiger partial charge < -0.3 is 25.0 Å². The number of nitrogens with one attached hydrogen (secondary N) is 2. The second-order valence-corrected chi connectivity index (χ2v) is 9.04. The van der Waals surface area contributed by atoms with E-state index in [0.717, 1.165) is 17.0 Å². The summed E-state index contributed by atoms with van der Waals surface area (Å²) in [5.41, 5.74) is 1.41. The monoisotopic (exact) mass is 493 g/mol. The van der Waals surface area contributed by atoms with Crippen LogP contribution in [-0.4, -0.2) is 73.6 Å². The number of hydrogen-bond donors (Lipinski definition) is 3. The van der Waals surface area contributed by atoms with E-state index in [1.807, 2.05) is 11.8 Å². The Balaban J connectivity index is 1.53. The Bertz CT molecular complexity index is 1150.